The summed E-state index contributed by atoms with van der Waals surface area (Å²) in [5.41, 5.74) is 1.07. The van der Waals surface area contributed by atoms with E-state index in [1.807, 2.05) is 6.92 Å². The van der Waals surface area contributed by atoms with Gasteiger partial charge in [0.1, 0.15) is 11.8 Å². The van der Waals surface area contributed by atoms with Crippen molar-refractivity contribution >= 4 is 11.8 Å². The molecular formula is C13H16N2O3. The fourth-order valence-corrected chi connectivity index (χ4v) is 1.98. The second-order valence-corrected chi connectivity index (χ2v) is 4.48. The zero-order chi connectivity index (χ0) is 13.1. The Labute approximate surface area is 105 Å². The van der Waals surface area contributed by atoms with Crippen molar-refractivity contribution in [3.8, 4) is 5.75 Å². The predicted molar refractivity (Wildman–Crippen MR) is 66.3 cm³/mol. The van der Waals surface area contributed by atoms with E-state index in [1.165, 1.54) is 6.07 Å². The van der Waals surface area contributed by atoms with Crippen LogP contribution >= 0.6 is 0 Å². The van der Waals surface area contributed by atoms with Crippen LogP contribution in [0.3, 0.4) is 0 Å². The van der Waals surface area contributed by atoms with E-state index in [-0.39, 0.29) is 17.2 Å². The van der Waals surface area contributed by atoms with Gasteiger partial charge >= 0.3 is 0 Å². The molecule has 2 rings (SSSR count). The first-order chi connectivity index (χ1) is 8.58. The molecule has 0 bridgehead atoms. The van der Waals surface area contributed by atoms with Gasteiger partial charge in [0.25, 0.3) is 5.91 Å². The van der Waals surface area contributed by atoms with E-state index in [4.69, 9.17) is 0 Å². The van der Waals surface area contributed by atoms with Crippen molar-refractivity contribution in [3.63, 3.8) is 0 Å². The van der Waals surface area contributed by atoms with E-state index in [9.17, 15) is 14.7 Å². The van der Waals surface area contributed by atoms with Gasteiger partial charge in [-0.15, -0.1) is 0 Å². The topological polar surface area (TPSA) is 78.4 Å². The maximum atomic E-state index is 11.9. The summed E-state index contributed by atoms with van der Waals surface area (Å²) in [7, 11) is 0. The number of carbonyl (C=O) groups excluding carboxylic acids is 2. The lowest BCUT2D eigenvalue weighted by Gasteiger charge is -2.22. The molecule has 0 radical (unpaired) electrons. The number of piperidine rings is 1. The zero-order valence-electron chi connectivity index (χ0n) is 10.2. The second kappa shape index (κ2) is 5.08. The molecule has 1 atom stereocenters. The van der Waals surface area contributed by atoms with Gasteiger partial charge in [0.05, 0.1) is 5.56 Å². The maximum Gasteiger partial charge on any atom is 0.255 e. The number of phenolic OH excluding ortho intramolecular Hbond substituents is 1. The van der Waals surface area contributed by atoms with Gasteiger partial charge < -0.3 is 15.7 Å². The van der Waals surface area contributed by atoms with Gasteiger partial charge in [-0.05, 0) is 37.5 Å². The molecule has 5 heteroatoms. The summed E-state index contributed by atoms with van der Waals surface area (Å²) in [6.07, 6.45) is 1.47. The smallest absolute Gasteiger partial charge is 0.255 e. The molecule has 1 fully saturated rings. The van der Waals surface area contributed by atoms with Crippen LogP contribution in [0.1, 0.15) is 28.8 Å². The van der Waals surface area contributed by atoms with Crippen molar-refractivity contribution in [2.24, 2.45) is 0 Å². The fraction of sp³-hybridized carbons (Fsp3) is 0.385. The number of hydrogen-bond donors (Lipinski definition) is 3. The number of aryl methyl sites for hydroxylation is 1. The average Bonchev–Trinajstić information content (AvgIpc) is 2.32. The number of benzene rings is 1. The third-order valence-electron chi connectivity index (χ3n) is 2.99. The molecule has 1 aromatic carbocycles. The summed E-state index contributed by atoms with van der Waals surface area (Å²) in [6.45, 7) is 2.48. The summed E-state index contributed by atoms with van der Waals surface area (Å²) in [4.78, 5) is 23.5. The Bertz CT molecular complexity index is 485. The van der Waals surface area contributed by atoms with E-state index in [1.54, 1.807) is 12.1 Å². The fourth-order valence-electron chi connectivity index (χ4n) is 1.98. The minimum Gasteiger partial charge on any atom is -0.507 e. The molecule has 3 N–H and O–H groups in total. The minimum atomic E-state index is -0.507. The van der Waals surface area contributed by atoms with Gasteiger partial charge in [-0.25, -0.2) is 0 Å². The number of nitrogens with one attached hydrogen (secondary N) is 2. The summed E-state index contributed by atoms with van der Waals surface area (Å²) in [5.74, 6) is -0.653. The first-order valence-corrected chi connectivity index (χ1v) is 5.96. The highest BCUT2D eigenvalue weighted by Crippen LogP contribution is 2.18. The molecule has 1 aromatic rings. The molecule has 0 aromatic heterocycles. The van der Waals surface area contributed by atoms with E-state index in [0.29, 0.717) is 13.0 Å². The molecule has 96 valence electrons. The number of amides is 2. The second-order valence-electron chi connectivity index (χ2n) is 4.48. The van der Waals surface area contributed by atoms with Gasteiger partial charge in [-0.3, -0.25) is 9.59 Å². The Hall–Kier alpha value is -2.04. The quantitative estimate of drug-likeness (QED) is 0.721. The van der Waals surface area contributed by atoms with Crippen molar-refractivity contribution in [1.82, 2.24) is 10.6 Å². The van der Waals surface area contributed by atoms with Crippen molar-refractivity contribution < 1.29 is 14.7 Å². The van der Waals surface area contributed by atoms with Crippen molar-refractivity contribution in [1.29, 1.82) is 0 Å². The summed E-state index contributed by atoms with van der Waals surface area (Å²) >= 11 is 0. The van der Waals surface area contributed by atoms with Gasteiger partial charge in [0.2, 0.25) is 5.91 Å². The molecule has 0 saturated carbocycles. The number of rotatable bonds is 2. The van der Waals surface area contributed by atoms with Crippen LogP contribution in [-0.4, -0.2) is 29.5 Å². The maximum absolute atomic E-state index is 11.9. The summed E-state index contributed by atoms with van der Waals surface area (Å²) in [5, 5.41) is 15.0. The highest BCUT2D eigenvalue weighted by Gasteiger charge is 2.24. The van der Waals surface area contributed by atoms with Crippen LogP contribution in [0.5, 0.6) is 5.75 Å². The van der Waals surface area contributed by atoms with Crippen LogP contribution in [0.25, 0.3) is 0 Å². The van der Waals surface area contributed by atoms with Crippen LogP contribution in [0.4, 0.5) is 0 Å². The third kappa shape index (κ3) is 2.61. The van der Waals surface area contributed by atoms with Gasteiger partial charge in [0, 0.05) is 6.54 Å². The summed E-state index contributed by atoms with van der Waals surface area (Å²) in [6, 6.07) is 4.32. The Balaban J connectivity index is 2.09. The van der Waals surface area contributed by atoms with Crippen molar-refractivity contribution in [2.45, 2.75) is 25.8 Å². The molecule has 1 saturated heterocycles. The highest BCUT2D eigenvalue weighted by atomic mass is 16.3. The van der Waals surface area contributed by atoms with Crippen molar-refractivity contribution in [3.05, 3.63) is 29.3 Å². The van der Waals surface area contributed by atoms with Gasteiger partial charge in [0.15, 0.2) is 0 Å². The minimum absolute atomic E-state index is 0.0660. The molecule has 2 amide bonds. The van der Waals surface area contributed by atoms with Crippen molar-refractivity contribution in [2.75, 3.05) is 6.54 Å². The number of phenols is 1. The lowest BCUT2D eigenvalue weighted by molar-refractivity contribution is -0.124. The first kappa shape index (κ1) is 12.4. The standard InChI is InChI=1S/C13H16N2O3/c1-8-4-5-9(11(16)7-8)12(17)15-10-3-2-6-14-13(10)18/h4-5,7,10,16H,2-3,6H2,1H3,(H,14,18)(H,15,17)/t10-/m1/s1. The molecule has 1 aliphatic rings. The Morgan fingerprint density at radius 1 is 1.50 bits per heavy atom. The largest absolute Gasteiger partial charge is 0.507 e. The monoisotopic (exact) mass is 248 g/mol. The molecule has 0 spiro atoms. The van der Waals surface area contributed by atoms with Crippen LogP contribution in [-0.2, 0) is 4.79 Å². The number of hydrogen-bond acceptors (Lipinski definition) is 3. The third-order valence-corrected chi connectivity index (χ3v) is 2.99. The normalized spacial score (nSPS) is 19.2. The van der Waals surface area contributed by atoms with Crippen LogP contribution < -0.4 is 10.6 Å². The first-order valence-electron chi connectivity index (χ1n) is 5.96. The Kier molecular flexibility index (Phi) is 3.50. The molecule has 0 unspecified atom stereocenters. The number of carbonyl (C=O) groups is 2. The molecule has 18 heavy (non-hydrogen) atoms. The molecule has 0 aliphatic carbocycles. The molecule has 5 nitrogen and oxygen atoms in total. The zero-order valence-corrected chi connectivity index (χ0v) is 10.2. The predicted octanol–water partition coefficient (Wildman–Crippen LogP) is 0.709. The van der Waals surface area contributed by atoms with E-state index < -0.39 is 11.9 Å². The molecular weight excluding hydrogens is 232 g/mol. The highest BCUT2D eigenvalue weighted by molar-refractivity contribution is 5.99. The Morgan fingerprint density at radius 3 is 2.94 bits per heavy atom. The van der Waals surface area contributed by atoms with E-state index in [0.717, 1.165) is 12.0 Å². The van der Waals surface area contributed by atoms with Crippen LogP contribution in [0.15, 0.2) is 18.2 Å². The van der Waals surface area contributed by atoms with Gasteiger partial charge in [-0.1, -0.05) is 6.07 Å². The molecule has 1 aliphatic heterocycles. The average molecular weight is 248 g/mol. The van der Waals surface area contributed by atoms with Crippen LogP contribution in [0.2, 0.25) is 0 Å². The summed E-state index contributed by atoms with van der Waals surface area (Å²) < 4.78 is 0. The lowest BCUT2D eigenvalue weighted by atomic mass is 10.1. The number of aromatic hydroxyl groups is 1. The van der Waals surface area contributed by atoms with E-state index >= 15 is 0 Å². The van der Waals surface area contributed by atoms with E-state index in [2.05, 4.69) is 10.6 Å². The SMILES string of the molecule is Cc1ccc(C(=O)N[C@@H]2CCCNC2=O)c(O)c1. The Morgan fingerprint density at radius 2 is 2.28 bits per heavy atom. The van der Waals surface area contributed by atoms with Gasteiger partial charge in [-0.2, -0.15) is 0 Å². The lowest BCUT2D eigenvalue weighted by Crippen LogP contribution is -2.50. The molecule has 1 heterocycles. The van der Waals surface area contributed by atoms with Crippen LogP contribution in [0, 0.1) is 6.92 Å².